The van der Waals surface area contributed by atoms with Crippen LogP contribution < -0.4 is 5.73 Å². The first-order chi connectivity index (χ1) is 13.2. The summed E-state index contributed by atoms with van der Waals surface area (Å²) in [5.74, 6) is -0.979. The van der Waals surface area contributed by atoms with Crippen molar-refractivity contribution in [3.05, 3.63) is 35.6 Å². The highest BCUT2D eigenvalue weighted by atomic mass is 16.7. The first-order valence-corrected chi connectivity index (χ1v) is 10.1. The van der Waals surface area contributed by atoms with Crippen LogP contribution in [0.3, 0.4) is 0 Å². The van der Waals surface area contributed by atoms with Crippen LogP contribution in [0.2, 0.25) is 0 Å². The summed E-state index contributed by atoms with van der Waals surface area (Å²) in [6.45, 7) is 11.1. The number of esters is 2. The van der Waals surface area contributed by atoms with Gasteiger partial charge in [0.05, 0.1) is 0 Å². The first kappa shape index (κ1) is 25.9. The molecule has 6 nitrogen and oxygen atoms in total. The van der Waals surface area contributed by atoms with Gasteiger partial charge >= 0.3 is 11.9 Å². The Kier molecular flexibility index (Phi) is 13.8. The Bertz CT molecular complexity index is 565. The van der Waals surface area contributed by atoms with Crippen LogP contribution in [0.15, 0.2) is 35.6 Å². The lowest BCUT2D eigenvalue weighted by Crippen LogP contribution is -2.35. The number of hydrogen-bond donors (Lipinski definition) is 2. The molecule has 3 N–H and O–H groups in total. The molecule has 0 bridgehead atoms. The maximum absolute atomic E-state index is 12.1. The van der Waals surface area contributed by atoms with Crippen LogP contribution in [0.5, 0.6) is 0 Å². The molecular weight excluding hydrogens is 358 g/mol. The molecule has 0 aliphatic heterocycles. The topological polar surface area (TPSA) is 98.8 Å². The van der Waals surface area contributed by atoms with Crippen LogP contribution in [0.1, 0.15) is 79.1 Å². The Morgan fingerprint density at radius 2 is 1.79 bits per heavy atom. The van der Waals surface area contributed by atoms with Gasteiger partial charge in [-0.1, -0.05) is 52.2 Å². The van der Waals surface area contributed by atoms with Crippen LogP contribution >= 0.6 is 0 Å². The summed E-state index contributed by atoms with van der Waals surface area (Å²) in [4.78, 5) is 23.9. The number of carbonyl (C=O) groups is 2. The standard InChI is InChI=1S/C22H37NO5/c1-6-9-10-11-12-13-21(25)27-17(5)28-22(26)19(23)14-18(8-3)15-20(24)16(4)7-2/h8,15,17,19,24H,4,6-7,9-14,23H2,1-3,5H3/b18-8-,20-15+/t17?,19-/m0/s1. The Morgan fingerprint density at radius 3 is 2.36 bits per heavy atom. The van der Waals surface area contributed by atoms with E-state index in [-0.39, 0.29) is 18.1 Å². The van der Waals surface area contributed by atoms with Crippen molar-refractivity contribution in [2.75, 3.05) is 0 Å². The van der Waals surface area contributed by atoms with E-state index in [1.165, 1.54) is 6.92 Å². The van der Waals surface area contributed by atoms with E-state index in [4.69, 9.17) is 15.2 Å². The van der Waals surface area contributed by atoms with Crippen molar-refractivity contribution in [2.24, 2.45) is 5.73 Å². The van der Waals surface area contributed by atoms with E-state index in [9.17, 15) is 14.7 Å². The summed E-state index contributed by atoms with van der Waals surface area (Å²) in [7, 11) is 0. The SMILES string of the molecule is C=C(CC)/C(O)=C\C(=C/C)C[C@H](N)C(=O)OC(C)OC(=O)CCCCCCC. The van der Waals surface area contributed by atoms with Gasteiger partial charge < -0.3 is 20.3 Å². The largest absolute Gasteiger partial charge is 0.508 e. The molecule has 0 heterocycles. The molecule has 0 aliphatic rings. The van der Waals surface area contributed by atoms with E-state index in [0.717, 1.165) is 32.1 Å². The average molecular weight is 396 g/mol. The number of rotatable bonds is 14. The van der Waals surface area contributed by atoms with E-state index >= 15 is 0 Å². The van der Waals surface area contributed by atoms with E-state index in [1.54, 1.807) is 19.1 Å². The van der Waals surface area contributed by atoms with Gasteiger partial charge in [0, 0.05) is 13.3 Å². The fourth-order valence-electron chi connectivity index (χ4n) is 2.45. The summed E-state index contributed by atoms with van der Waals surface area (Å²) >= 11 is 0. The number of ether oxygens (including phenoxy) is 2. The summed E-state index contributed by atoms with van der Waals surface area (Å²) in [6, 6.07) is -0.930. The van der Waals surface area contributed by atoms with E-state index in [2.05, 4.69) is 13.5 Å². The molecule has 160 valence electrons. The number of aliphatic hydroxyl groups excluding tert-OH is 1. The normalized spacial score (nSPS) is 14.3. The van der Waals surface area contributed by atoms with Crippen LogP contribution in [-0.2, 0) is 19.1 Å². The highest BCUT2D eigenvalue weighted by Gasteiger charge is 2.21. The minimum absolute atomic E-state index is 0.0670. The van der Waals surface area contributed by atoms with Crippen LogP contribution in [0.25, 0.3) is 0 Å². The molecule has 0 radical (unpaired) electrons. The first-order valence-electron chi connectivity index (χ1n) is 10.1. The molecule has 0 amide bonds. The molecule has 0 saturated heterocycles. The quantitative estimate of drug-likeness (QED) is 0.143. The van der Waals surface area contributed by atoms with Gasteiger partial charge in [0.25, 0.3) is 0 Å². The van der Waals surface area contributed by atoms with Crippen molar-refractivity contribution in [3.8, 4) is 0 Å². The van der Waals surface area contributed by atoms with E-state index in [0.29, 0.717) is 24.0 Å². The molecule has 0 aromatic heterocycles. The number of hydrogen-bond acceptors (Lipinski definition) is 6. The minimum Gasteiger partial charge on any atom is -0.508 e. The smallest absolute Gasteiger partial charge is 0.326 e. The Balaban J connectivity index is 4.41. The summed E-state index contributed by atoms with van der Waals surface area (Å²) in [5.41, 5.74) is 7.19. The number of carbonyl (C=O) groups excluding carboxylic acids is 2. The third kappa shape index (κ3) is 11.6. The molecule has 28 heavy (non-hydrogen) atoms. The molecule has 0 aromatic carbocycles. The second kappa shape index (κ2) is 14.9. The van der Waals surface area contributed by atoms with Crippen molar-refractivity contribution in [2.45, 2.75) is 91.4 Å². The van der Waals surface area contributed by atoms with Crippen molar-refractivity contribution in [3.63, 3.8) is 0 Å². The maximum Gasteiger partial charge on any atom is 0.326 e. The fourth-order valence-corrected chi connectivity index (χ4v) is 2.45. The van der Waals surface area contributed by atoms with Gasteiger partial charge in [-0.2, -0.15) is 0 Å². The van der Waals surface area contributed by atoms with E-state index < -0.39 is 18.3 Å². The average Bonchev–Trinajstić information content (AvgIpc) is 2.65. The monoisotopic (exact) mass is 395 g/mol. The molecule has 0 aromatic rings. The van der Waals surface area contributed by atoms with Gasteiger partial charge in [0.15, 0.2) is 0 Å². The van der Waals surface area contributed by atoms with Crippen LogP contribution in [-0.4, -0.2) is 29.4 Å². The molecule has 6 heteroatoms. The molecule has 2 atom stereocenters. The van der Waals surface area contributed by atoms with Gasteiger partial charge in [-0.05, 0) is 43.4 Å². The van der Waals surface area contributed by atoms with E-state index in [1.807, 2.05) is 6.92 Å². The van der Waals surface area contributed by atoms with Crippen molar-refractivity contribution < 1.29 is 24.2 Å². The zero-order valence-electron chi connectivity index (χ0n) is 17.8. The van der Waals surface area contributed by atoms with Crippen LogP contribution in [0.4, 0.5) is 0 Å². The maximum atomic E-state index is 12.1. The third-order valence-electron chi connectivity index (χ3n) is 4.30. The van der Waals surface area contributed by atoms with Gasteiger partial charge in [-0.15, -0.1) is 0 Å². The highest BCUT2D eigenvalue weighted by Crippen LogP contribution is 2.15. The Morgan fingerprint density at radius 1 is 1.14 bits per heavy atom. The molecule has 0 aliphatic carbocycles. The zero-order valence-corrected chi connectivity index (χ0v) is 17.8. The Labute approximate surface area is 169 Å². The van der Waals surface area contributed by atoms with Crippen molar-refractivity contribution in [1.29, 1.82) is 0 Å². The number of nitrogens with two attached hydrogens (primary N) is 1. The van der Waals surface area contributed by atoms with Gasteiger partial charge in [0.2, 0.25) is 6.29 Å². The van der Waals surface area contributed by atoms with Crippen molar-refractivity contribution >= 4 is 11.9 Å². The molecule has 0 fully saturated rings. The molecular formula is C22H37NO5. The third-order valence-corrected chi connectivity index (χ3v) is 4.30. The number of aliphatic hydroxyl groups is 1. The Hall–Kier alpha value is -2.08. The lowest BCUT2D eigenvalue weighted by molar-refractivity contribution is -0.185. The molecule has 0 spiro atoms. The van der Waals surface area contributed by atoms with Crippen molar-refractivity contribution in [1.82, 2.24) is 0 Å². The van der Waals surface area contributed by atoms with Crippen LogP contribution in [0, 0.1) is 0 Å². The van der Waals surface area contributed by atoms with Gasteiger partial charge in [0.1, 0.15) is 11.8 Å². The highest BCUT2D eigenvalue weighted by molar-refractivity contribution is 5.76. The predicted octanol–water partition coefficient (Wildman–Crippen LogP) is 4.85. The lowest BCUT2D eigenvalue weighted by Gasteiger charge is -2.17. The molecule has 0 saturated carbocycles. The molecule has 0 rings (SSSR count). The summed E-state index contributed by atoms with van der Waals surface area (Å²) < 4.78 is 10.2. The molecule has 1 unspecified atom stereocenters. The lowest BCUT2D eigenvalue weighted by atomic mass is 10.0. The second-order valence-corrected chi connectivity index (χ2v) is 6.82. The van der Waals surface area contributed by atoms with Gasteiger partial charge in [-0.25, -0.2) is 0 Å². The minimum atomic E-state index is -0.987. The summed E-state index contributed by atoms with van der Waals surface area (Å²) in [5, 5.41) is 9.94. The predicted molar refractivity (Wildman–Crippen MR) is 112 cm³/mol. The summed E-state index contributed by atoms with van der Waals surface area (Å²) in [6.07, 6.45) is 8.60. The second-order valence-electron chi connectivity index (χ2n) is 6.82. The zero-order chi connectivity index (χ0) is 21.5. The van der Waals surface area contributed by atoms with Gasteiger partial charge in [-0.3, -0.25) is 9.59 Å². The number of unbranched alkanes of at least 4 members (excludes halogenated alkanes) is 4. The number of allylic oxidation sites excluding steroid dienone is 3. The fraction of sp³-hybridized carbons (Fsp3) is 0.636.